The van der Waals surface area contributed by atoms with Gasteiger partial charge in [-0.05, 0) is 0 Å². The van der Waals surface area contributed by atoms with E-state index in [4.69, 9.17) is 0 Å². The molecule has 0 nitrogen and oxygen atoms in total. The Morgan fingerprint density at radius 1 is 1.62 bits per heavy atom. The molecule has 0 bridgehead atoms. The summed E-state index contributed by atoms with van der Waals surface area (Å²) in [7, 11) is 0. The first-order valence-electron chi connectivity index (χ1n) is 2.75. The predicted molar refractivity (Wildman–Crippen MR) is 32.3 cm³/mol. The van der Waals surface area contributed by atoms with Crippen LogP contribution in [0.1, 0.15) is 13.3 Å². The Morgan fingerprint density at radius 2 is 2.38 bits per heavy atom. The molecule has 0 aliphatic heterocycles. The topological polar surface area (TPSA) is 0 Å². The molecule has 0 unspecified atom stereocenters. The summed E-state index contributed by atoms with van der Waals surface area (Å²) in [4.78, 5) is 0. The third-order valence-electron chi connectivity index (χ3n) is 1.36. The van der Waals surface area contributed by atoms with Crippen LogP contribution >= 0.6 is 0 Å². The van der Waals surface area contributed by atoms with Gasteiger partial charge in [0.25, 0.3) is 0 Å². The van der Waals surface area contributed by atoms with Gasteiger partial charge < -0.3 is 0 Å². The maximum absolute atomic E-state index is 2.38. The Bertz CT molecular complexity index is 142. The molecule has 0 spiro atoms. The van der Waals surface area contributed by atoms with Crippen LogP contribution in [0.25, 0.3) is 0 Å². The van der Waals surface area contributed by atoms with Crippen LogP contribution in [0, 0.1) is 0 Å². The number of allylic oxidation sites excluding steroid dienone is 4. The van der Waals surface area contributed by atoms with E-state index in [9.17, 15) is 0 Å². The number of rotatable bonds is 1. The van der Waals surface area contributed by atoms with Gasteiger partial charge in [0.15, 0.2) is 0 Å². The third-order valence-corrected chi connectivity index (χ3v) is 4.88. The SMILES string of the molecule is [CH3][W][C]1=C(C)C=CC1. The van der Waals surface area contributed by atoms with Crippen LogP contribution in [-0.4, -0.2) is 0 Å². The molecular weight excluding hydrogens is 268 g/mol. The van der Waals surface area contributed by atoms with Crippen molar-refractivity contribution in [1.82, 2.24) is 0 Å². The summed E-state index contributed by atoms with van der Waals surface area (Å²) in [5, 5.41) is 2.38. The number of hydrogen-bond donors (Lipinski definition) is 0. The minimum absolute atomic E-state index is 0.0521. The van der Waals surface area contributed by atoms with Gasteiger partial charge in [0.2, 0.25) is 0 Å². The predicted octanol–water partition coefficient (Wildman–Crippen LogP) is 2.35. The third kappa shape index (κ3) is 1.11. The molecule has 1 rings (SSSR count). The molecule has 1 aliphatic rings. The molecule has 1 aliphatic carbocycles. The second-order valence-corrected chi connectivity index (χ2v) is 5.15. The van der Waals surface area contributed by atoms with Crippen LogP contribution < -0.4 is 0 Å². The van der Waals surface area contributed by atoms with Crippen molar-refractivity contribution < 1.29 is 18.6 Å². The minimum atomic E-state index is -0.0521. The summed E-state index contributed by atoms with van der Waals surface area (Å²) in [6, 6.07) is 0. The number of hydrogen-bond acceptors (Lipinski definition) is 0. The van der Waals surface area contributed by atoms with E-state index in [0.717, 1.165) is 0 Å². The average Bonchev–Trinajstić information content (AvgIpc) is 2.14. The maximum atomic E-state index is 2.38. The molecule has 0 heterocycles. The van der Waals surface area contributed by atoms with Gasteiger partial charge in [0.1, 0.15) is 0 Å². The van der Waals surface area contributed by atoms with Crippen molar-refractivity contribution in [2.75, 3.05) is 0 Å². The van der Waals surface area contributed by atoms with Crippen molar-refractivity contribution in [1.29, 1.82) is 0 Å². The van der Waals surface area contributed by atoms with Gasteiger partial charge in [-0.3, -0.25) is 0 Å². The molecule has 1 heteroatoms. The molecule has 0 atom stereocenters. The Hall–Kier alpha value is 0.168. The molecule has 0 amide bonds. The van der Waals surface area contributed by atoms with Crippen LogP contribution in [0.3, 0.4) is 0 Å². The van der Waals surface area contributed by atoms with E-state index in [1.54, 1.807) is 9.54 Å². The van der Waals surface area contributed by atoms with Crippen molar-refractivity contribution in [3.63, 3.8) is 0 Å². The van der Waals surface area contributed by atoms with Gasteiger partial charge in [-0.15, -0.1) is 0 Å². The van der Waals surface area contributed by atoms with E-state index in [2.05, 4.69) is 24.4 Å². The molecule has 8 heavy (non-hydrogen) atoms. The first-order valence-corrected chi connectivity index (χ1v) is 7.15. The second kappa shape index (κ2) is 2.64. The Morgan fingerprint density at radius 3 is 2.62 bits per heavy atom. The van der Waals surface area contributed by atoms with E-state index >= 15 is 0 Å². The van der Waals surface area contributed by atoms with Gasteiger partial charge >= 0.3 is 58.9 Å². The fourth-order valence-electron chi connectivity index (χ4n) is 0.841. The van der Waals surface area contributed by atoms with Gasteiger partial charge in [-0.1, -0.05) is 0 Å². The first kappa shape index (κ1) is 6.29. The van der Waals surface area contributed by atoms with Crippen LogP contribution in [-0.2, 0) is 18.6 Å². The van der Waals surface area contributed by atoms with Crippen LogP contribution in [0.4, 0.5) is 0 Å². The Labute approximate surface area is 59.2 Å². The van der Waals surface area contributed by atoms with Gasteiger partial charge in [-0.25, -0.2) is 0 Å². The van der Waals surface area contributed by atoms with Gasteiger partial charge in [0.05, 0.1) is 0 Å². The fourth-order valence-corrected chi connectivity index (χ4v) is 3.19. The zero-order valence-corrected chi connectivity index (χ0v) is 8.20. The van der Waals surface area contributed by atoms with Gasteiger partial charge in [-0.2, -0.15) is 0 Å². The van der Waals surface area contributed by atoms with Gasteiger partial charge in [0, 0.05) is 0 Å². The summed E-state index contributed by atoms with van der Waals surface area (Å²) < 4.78 is 1.77. The summed E-state index contributed by atoms with van der Waals surface area (Å²) in [5.74, 6) is 0. The normalized spacial score (nSPS) is 18.2. The summed E-state index contributed by atoms with van der Waals surface area (Å²) in [5.41, 5.74) is 1.55. The molecule has 0 saturated carbocycles. The Balaban J connectivity index is 2.68. The van der Waals surface area contributed by atoms with Crippen molar-refractivity contribution in [2.45, 2.75) is 18.7 Å². The summed E-state index contributed by atoms with van der Waals surface area (Å²) in [6.45, 7) is 2.22. The van der Waals surface area contributed by atoms with E-state index in [1.165, 1.54) is 6.42 Å². The molecule has 0 radical (unpaired) electrons. The van der Waals surface area contributed by atoms with Crippen LogP contribution in [0.2, 0.25) is 5.31 Å². The molecule has 0 aromatic carbocycles. The zero-order chi connectivity index (χ0) is 5.98. The fraction of sp³-hybridized carbons (Fsp3) is 0.429. The van der Waals surface area contributed by atoms with E-state index in [1.807, 2.05) is 0 Å². The molecule has 0 fully saturated rings. The van der Waals surface area contributed by atoms with Crippen molar-refractivity contribution >= 4 is 0 Å². The quantitative estimate of drug-likeness (QED) is 0.690. The van der Waals surface area contributed by atoms with Crippen LogP contribution in [0.15, 0.2) is 21.7 Å². The van der Waals surface area contributed by atoms with Crippen LogP contribution in [0.5, 0.6) is 0 Å². The van der Waals surface area contributed by atoms with Crippen molar-refractivity contribution in [2.24, 2.45) is 0 Å². The monoisotopic (exact) mass is 278 g/mol. The molecular formula is C7H10W. The first-order chi connectivity index (χ1) is 3.84. The summed E-state index contributed by atoms with van der Waals surface area (Å²) in [6.07, 6.45) is 5.79. The molecule has 44 valence electrons. The Kier molecular flexibility index (Phi) is 2.07. The molecule has 0 N–H and O–H groups in total. The summed E-state index contributed by atoms with van der Waals surface area (Å²) >= 11 is -0.0521. The zero-order valence-electron chi connectivity index (χ0n) is 5.27. The molecule has 0 aromatic rings. The molecule has 0 saturated heterocycles. The van der Waals surface area contributed by atoms with E-state index in [0.29, 0.717) is 0 Å². The van der Waals surface area contributed by atoms with Crippen molar-refractivity contribution in [3.8, 4) is 0 Å². The average molecular weight is 278 g/mol. The van der Waals surface area contributed by atoms with Crippen molar-refractivity contribution in [3.05, 3.63) is 21.7 Å². The molecule has 0 aromatic heterocycles. The second-order valence-electron chi connectivity index (χ2n) is 1.92. The van der Waals surface area contributed by atoms with E-state index in [-0.39, 0.29) is 18.6 Å². The standard InChI is InChI=1S/C6H7.CH3.W/c1-6-4-2-3-5-6;;/h2,4H,3H2,1H3;1H3;. The van der Waals surface area contributed by atoms with E-state index < -0.39 is 0 Å².